The predicted molar refractivity (Wildman–Crippen MR) is 73.0 cm³/mol. The minimum Gasteiger partial charge on any atom is -0.435 e. The monoisotopic (exact) mass is 308 g/mol. The van der Waals surface area contributed by atoms with Gasteiger partial charge in [-0.15, -0.1) is 0 Å². The van der Waals surface area contributed by atoms with Crippen LogP contribution in [0.15, 0.2) is 35.2 Å². The van der Waals surface area contributed by atoms with E-state index in [1.807, 2.05) is 31.0 Å². The Morgan fingerprint density at radius 1 is 1.28 bits per heavy atom. The van der Waals surface area contributed by atoms with Crippen LogP contribution in [0.5, 0.6) is 11.6 Å². The third kappa shape index (κ3) is 2.95. The van der Waals surface area contributed by atoms with Gasteiger partial charge in [0, 0.05) is 19.8 Å². The number of rotatable bonds is 4. The lowest BCUT2D eigenvalue weighted by molar-refractivity contribution is 0.455. The molecule has 0 aliphatic rings. The summed E-state index contributed by atoms with van der Waals surface area (Å²) in [5, 5.41) is 0. The van der Waals surface area contributed by atoms with Crippen molar-refractivity contribution in [3.8, 4) is 11.6 Å². The molecular weight excluding hydrogens is 296 g/mol. The highest BCUT2D eigenvalue weighted by Crippen LogP contribution is 2.26. The molecule has 5 nitrogen and oxygen atoms in total. The fourth-order valence-electron chi connectivity index (χ4n) is 1.26. The smallest absolute Gasteiger partial charge is 0.233 e. The first-order chi connectivity index (χ1) is 8.70. The van der Waals surface area contributed by atoms with E-state index in [-0.39, 0.29) is 0 Å². The Morgan fingerprint density at radius 3 is 2.61 bits per heavy atom. The van der Waals surface area contributed by atoms with E-state index in [1.54, 1.807) is 18.6 Å². The maximum absolute atomic E-state index is 5.58. The molecule has 2 aromatic heterocycles. The van der Waals surface area contributed by atoms with Crippen molar-refractivity contribution in [2.75, 3.05) is 18.5 Å². The number of hydrogen-bond donors (Lipinski definition) is 0. The summed E-state index contributed by atoms with van der Waals surface area (Å²) >= 11 is 3.37. The van der Waals surface area contributed by atoms with Gasteiger partial charge in [0.05, 0.1) is 16.9 Å². The van der Waals surface area contributed by atoms with Crippen molar-refractivity contribution in [3.63, 3.8) is 0 Å². The summed E-state index contributed by atoms with van der Waals surface area (Å²) in [5.41, 5.74) is 0. The molecule has 0 saturated carbocycles. The number of halogens is 1. The van der Waals surface area contributed by atoms with Gasteiger partial charge < -0.3 is 9.64 Å². The molecule has 0 radical (unpaired) electrons. The summed E-state index contributed by atoms with van der Waals surface area (Å²) in [6.45, 7) is 2.89. The quantitative estimate of drug-likeness (QED) is 0.869. The van der Waals surface area contributed by atoms with Crippen LogP contribution in [0.1, 0.15) is 6.92 Å². The molecule has 2 heterocycles. The Hall–Kier alpha value is -1.69. The zero-order valence-corrected chi connectivity index (χ0v) is 11.8. The number of nitrogens with zero attached hydrogens (tertiary/aromatic N) is 4. The van der Waals surface area contributed by atoms with Crippen molar-refractivity contribution < 1.29 is 4.74 Å². The van der Waals surface area contributed by atoms with Gasteiger partial charge in [0.15, 0.2) is 5.75 Å². The SMILES string of the molecule is CCN(C)c1ncc(Oc2ncccc2Br)cn1. The van der Waals surface area contributed by atoms with E-state index < -0.39 is 0 Å². The van der Waals surface area contributed by atoms with Crippen LogP contribution in [0.25, 0.3) is 0 Å². The molecule has 0 saturated heterocycles. The lowest BCUT2D eigenvalue weighted by Crippen LogP contribution is -2.18. The Labute approximate surface area is 114 Å². The molecule has 2 aromatic rings. The molecule has 0 aliphatic carbocycles. The second kappa shape index (κ2) is 5.77. The molecule has 6 heteroatoms. The van der Waals surface area contributed by atoms with Crippen LogP contribution in [0.3, 0.4) is 0 Å². The van der Waals surface area contributed by atoms with Gasteiger partial charge >= 0.3 is 0 Å². The molecule has 0 N–H and O–H groups in total. The lowest BCUT2D eigenvalue weighted by atomic mass is 10.5. The molecule has 0 unspecified atom stereocenters. The summed E-state index contributed by atoms with van der Waals surface area (Å²) in [7, 11) is 1.94. The highest BCUT2D eigenvalue weighted by molar-refractivity contribution is 9.10. The van der Waals surface area contributed by atoms with E-state index in [9.17, 15) is 0 Å². The Morgan fingerprint density at radius 2 is 2.00 bits per heavy atom. The third-order valence-corrected chi connectivity index (χ3v) is 2.97. The second-order valence-corrected chi connectivity index (χ2v) is 4.48. The zero-order valence-electron chi connectivity index (χ0n) is 10.2. The molecule has 0 spiro atoms. The largest absolute Gasteiger partial charge is 0.435 e. The van der Waals surface area contributed by atoms with Crippen LogP contribution in [-0.4, -0.2) is 28.5 Å². The van der Waals surface area contributed by atoms with E-state index in [4.69, 9.17) is 4.74 Å². The summed E-state index contributed by atoms with van der Waals surface area (Å²) in [6, 6.07) is 3.69. The summed E-state index contributed by atoms with van der Waals surface area (Å²) in [6.07, 6.45) is 4.94. The zero-order chi connectivity index (χ0) is 13.0. The van der Waals surface area contributed by atoms with Gasteiger partial charge in [-0.3, -0.25) is 0 Å². The number of hydrogen-bond acceptors (Lipinski definition) is 5. The van der Waals surface area contributed by atoms with E-state index >= 15 is 0 Å². The van der Waals surface area contributed by atoms with E-state index in [1.165, 1.54) is 0 Å². The first-order valence-corrected chi connectivity index (χ1v) is 6.31. The first kappa shape index (κ1) is 12.8. The fraction of sp³-hybridized carbons (Fsp3) is 0.250. The number of ether oxygens (including phenoxy) is 1. The number of pyridine rings is 1. The van der Waals surface area contributed by atoms with Crippen molar-refractivity contribution in [1.82, 2.24) is 15.0 Å². The van der Waals surface area contributed by atoms with Gasteiger partial charge in [0.1, 0.15) is 0 Å². The van der Waals surface area contributed by atoms with Crippen molar-refractivity contribution in [1.29, 1.82) is 0 Å². The predicted octanol–water partition coefficient (Wildman–Crippen LogP) is 2.88. The van der Waals surface area contributed by atoms with Crippen LogP contribution in [0.4, 0.5) is 5.95 Å². The van der Waals surface area contributed by atoms with E-state index in [2.05, 4.69) is 30.9 Å². The molecule has 18 heavy (non-hydrogen) atoms. The van der Waals surface area contributed by atoms with Crippen LogP contribution in [0, 0.1) is 0 Å². The maximum atomic E-state index is 5.58. The highest BCUT2D eigenvalue weighted by Gasteiger charge is 2.06. The average Bonchev–Trinajstić information content (AvgIpc) is 2.41. The second-order valence-electron chi connectivity index (χ2n) is 3.63. The number of aromatic nitrogens is 3. The van der Waals surface area contributed by atoms with Gasteiger partial charge in [-0.05, 0) is 35.0 Å². The standard InChI is InChI=1S/C12H13BrN4O/c1-3-17(2)12-15-7-9(8-16-12)18-11-10(13)5-4-6-14-11/h4-8H,3H2,1-2H3. The Bertz CT molecular complexity index is 518. The molecule has 0 bridgehead atoms. The Kier molecular flexibility index (Phi) is 4.09. The normalized spacial score (nSPS) is 10.2. The topological polar surface area (TPSA) is 51.1 Å². The van der Waals surface area contributed by atoms with Crippen molar-refractivity contribution in [2.45, 2.75) is 6.92 Å². The molecule has 0 atom stereocenters. The molecule has 0 aliphatic heterocycles. The van der Waals surface area contributed by atoms with Gasteiger partial charge in [-0.2, -0.15) is 0 Å². The van der Waals surface area contributed by atoms with Crippen LogP contribution in [-0.2, 0) is 0 Å². The van der Waals surface area contributed by atoms with E-state index in [0.717, 1.165) is 11.0 Å². The average molecular weight is 309 g/mol. The van der Waals surface area contributed by atoms with Crippen LogP contribution < -0.4 is 9.64 Å². The molecule has 94 valence electrons. The number of anilines is 1. The lowest BCUT2D eigenvalue weighted by Gasteiger charge is -2.13. The molecule has 0 aromatic carbocycles. The molecule has 0 amide bonds. The van der Waals surface area contributed by atoms with Crippen molar-refractivity contribution >= 4 is 21.9 Å². The van der Waals surface area contributed by atoms with Crippen LogP contribution >= 0.6 is 15.9 Å². The third-order valence-electron chi connectivity index (χ3n) is 2.37. The van der Waals surface area contributed by atoms with Gasteiger partial charge in [-0.1, -0.05) is 0 Å². The van der Waals surface area contributed by atoms with Crippen molar-refractivity contribution in [2.24, 2.45) is 0 Å². The highest BCUT2D eigenvalue weighted by atomic mass is 79.9. The first-order valence-electron chi connectivity index (χ1n) is 5.52. The molecular formula is C12H13BrN4O. The van der Waals surface area contributed by atoms with Gasteiger partial charge in [0.2, 0.25) is 11.8 Å². The summed E-state index contributed by atoms with van der Waals surface area (Å²) in [5.74, 6) is 1.73. The van der Waals surface area contributed by atoms with Gasteiger partial charge in [-0.25, -0.2) is 15.0 Å². The van der Waals surface area contributed by atoms with E-state index in [0.29, 0.717) is 17.6 Å². The van der Waals surface area contributed by atoms with Crippen LogP contribution in [0.2, 0.25) is 0 Å². The molecule has 0 fully saturated rings. The summed E-state index contributed by atoms with van der Waals surface area (Å²) < 4.78 is 6.37. The van der Waals surface area contributed by atoms with Crippen molar-refractivity contribution in [3.05, 3.63) is 35.2 Å². The maximum Gasteiger partial charge on any atom is 0.233 e. The Balaban J connectivity index is 2.14. The van der Waals surface area contributed by atoms with Gasteiger partial charge in [0.25, 0.3) is 0 Å². The molecule has 2 rings (SSSR count). The summed E-state index contributed by atoms with van der Waals surface area (Å²) in [4.78, 5) is 14.5. The minimum atomic E-state index is 0.498. The minimum absolute atomic E-state index is 0.498. The fourth-order valence-corrected chi connectivity index (χ4v) is 1.59.